The molecule has 1 aromatic heterocycles. The molecule has 0 bridgehead atoms. The third-order valence-electron chi connectivity index (χ3n) is 1.94. The Bertz CT molecular complexity index is 219. The van der Waals surface area contributed by atoms with Crippen molar-refractivity contribution in [3.8, 4) is 0 Å². The number of nitrogens with one attached hydrogen (secondary N) is 1. The number of hydrogen-bond donors (Lipinski definition) is 1. The lowest BCUT2D eigenvalue weighted by Gasteiger charge is -2.14. The molecule has 1 unspecified atom stereocenters. The molecule has 0 fully saturated rings. The van der Waals surface area contributed by atoms with Gasteiger partial charge in [-0.25, -0.2) is 4.98 Å². The van der Waals surface area contributed by atoms with E-state index in [1.807, 2.05) is 5.51 Å². The molecule has 1 N–H and O–H groups in total. The van der Waals surface area contributed by atoms with E-state index < -0.39 is 0 Å². The summed E-state index contributed by atoms with van der Waals surface area (Å²) in [6.45, 7) is 7.63. The summed E-state index contributed by atoms with van der Waals surface area (Å²) in [5.41, 5.74) is 3.03. The third-order valence-corrected chi connectivity index (χ3v) is 2.58. The molecule has 0 aromatic carbocycles. The average Bonchev–Trinajstić information content (AvgIpc) is 2.51. The van der Waals surface area contributed by atoms with Gasteiger partial charge < -0.3 is 5.32 Å². The van der Waals surface area contributed by atoms with Crippen LogP contribution in [-0.2, 0) is 6.54 Å². The predicted octanol–water partition coefficient (Wildman–Crippen LogP) is 2.67. The van der Waals surface area contributed by atoms with Crippen LogP contribution in [0, 0.1) is 5.92 Å². The molecule has 1 atom stereocenters. The van der Waals surface area contributed by atoms with Crippen molar-refractivity contribution in [2.24, 2.45) is 5.92 Å². The van der Waals surface area contributed by atoms with Crippen LogP contribution in [0.1, 0.15) is 32.9 Å². The SMILES string of the molecule is CC(C)CC(C)NCc1cscn1. The van der Waals surface area contributed by atoms with Crippen molar-refractivity contribution in [2.75, 3.05) is 0 Å². The van der Waals surface area contributed by atoms with Crippen molar-refractivity contribution in [2.45, 2.75) is 39.8 Å². The molecule has 13 heavy (non-hydrogen) atoms. The predicted molar refractivity (Wildman–Crippen MR) is 57.9 cm³/mol. The average molecular weight is 198 g/mol. The van der Waals surface area contributed by atoms with Gasteiger partial charge in [-0.1, -0.05) is 13.8 Å². The Morgan fingerprint density at radius 1 is 1.46 bits per heavy atom. The van der Waals surface area contributed by atoms with E-state index in [9.17, 15) is 0 Å². The summed E-state index contributed by atoms with van der Waals surface area (Å²) in [6.07, 6.45) is 1.23. The first-order chi connectivity index (χ1) is 6.18. The highest BCUT2D eigenvalue weighted by molar-refractivity contribution is 7.07. The minimum atomic E-state index is 0.585. The monoisotopic (exact) mass is 198 g/mol. The van der Waals surface area contributed by atoms with Gasteiger partial charge in [0, 0.05) is 18.0 Å². The van der Waals surface area contributed by atoms with E-state index in [-0.39, 0.29) is 0 Å². The Morgan fingerprint density at radius 3 is 2.77 bits per heavy atom. The Labute approximate surface area is 84.4 Å². The number of hydrogen-bond acceptors (Lipinski definition) is 3. The maximum atomic E-state index is 4.22. The van der Waals surface area contributed by atoms with Gasteiger partial charge in [0.25, 0.3) is 0 Å². The number of nitrogens with zero attached hydrogens (tertiary/aromatic N) is 1. The molecule has 0 radical (unpaired) electrons. The van der Waals surface area contributed by atoms with Gasteiger partial charge in [0.1, 0.15) is 0 Å². The number of aromatic nitrogens is 1. The molecule has 2 nitrogen and oxygen atoms in total. The Morgan fingerprint density at radius 2 is 2.23 bits per heavy atom. The van der Waals surface area contributed by atoms with E-state index in [0.29, 0.717) is 6.04 Å². The molecule has 1 rings (SSSR count). The van der Waals surface area contributed by atoms with Crippen molar-refractivity contribution >= 4 is 11.3 Å². The second-order valence-corrected chi connectivity index (χ2v) is 4.61. The van der Waals surface area contributed by atoms with Crippen LogP contribution in [0.3, 0.4) is 0 Å². The normalized spacial score (nSPS) is 13.5. The molecule has 0 amide bonds. The molecule has 0 aliphatic carbocycles. The van der Waals surface area contributed by atoms with Crippen LogP contribution in [0.4, 0.5) is 0 Å². The number of thiazole rings is 1. The number of rotatable bonds is 5. The molecule has 1 aromatic rings. The highest BCUT2D eigenvalue weighted by Crippen LogP contribution is 2.05. The fourth-order valence-corrected chi connectivity index (χ4v) is 1.95. The first-order valence-corrected chi connectivity index (χ1v) is 5.73. The second-order valence-electron chi connectivity index (χ2n) is 3.89. The van der Waals surface area contributed by atoms with Gasteiger partial charge in [-0.2, -0.15) is 0 Å². The topological polar surface area (TPSA) is 24.9 Å². The van der Waals surface area contributed by atoms with Gasteiger partial charge in [-0.15, -0.1) is 11.3 Å². The highest BCUT2D eigenvalue weighted by Gasteiger charge is 2.04. The standard InChI is InChI=1S/C10H18N2S/c1-8(2)4-9(3)11-5-10-6-13-7-12-10/h6-9,11H,4-5H2,1-3H3. The minimum Gasteiger partial charge on any atom is -0.309 e. The van der Waals surface area contributed by atoms with E-state index in [2.05, 4.69) is 36.5 Å². The van der Waals surface area contributed by atoms with Crippen LogP contribution in [0.15, 0.2) is 10.9 Å². The fourth-order valence-electron chi connectivity index (χ4n) is 1.39. The van der Waals surface area contributed by atoms with Crippen molar-refractivity contribution in [3.05, 3.63) is 16.6 Å². The van der Waals surface area contributed by atoms with E-state index in [1.165, 1.54) is 6.42 Å². The van der Waals surface area contributed by atoms with E-state index in [0.717, 1.165) is 18.2 Å². The molecule has 3 heteroatoms. The lowest BCUT2D eigenvalue weighted by Crippen LogP contribution is -2.26. The zero-order chi connectivity index (χ0) is 9.68. The largest absolute Gasteiger partial charge is 0.309 e. The molecule has 1 heterocycles. The van der Waals surface area contributed by atoms with Crippen molar-refractivity contribution in [1.82, 2.24) is 10.3 Å². The van der Waals surface area contributed by atoms with Gasteiger partial charge >= 0.3 is 0 Å². The second kappa shape index (κ2) is 5.35. The van der Waals surface area contributed by atoms with Crippen LogP contribution in [0.2, 0.25) is 0 Å². The maximum absolute atomic E-state index is 4.22. The van der Waals surface area contributed by atoms with Crippen LogP contribution in [0.5, 0.6) is 0 Å². The first-order valence-electron chi connectivity index (χ1n) is 4.79. The molecule has 0 saturated carbocycles. The zero-order valence-corrected chi connectivity index (χ0v) is 9.40. The molecule has 0 aliphatic rings. The third kappa shape index (κ3) is 4.39. The van der Waals surface area contributed by atoms with Crippen LogP contribution in [0.25, 0.3) is 0 Å². The van der Waals surface area contributed by atoms with E-state index in [1.54, 1.807) is 11.3 Å². The molecular formula is C10H18N2S. The van der Waals surface area contributed by atoms with Gasteiger partial charge in [0.15, 0.2) is 0 Å². The molecular weight excluding hydrogens is 180 g/mol. The Kier molecular flexibility index (Phi) is 4.39. The quantitative estimate of drug-likeness (QED) is 0.787. The fraction of sp³-hybridized carbons (Fsp3) is 0.700. The summed E-state index contributed by atoms with van der Waals surface area (Å²) in [7, 11) is 0. The van der Waals surface area contributed by atoms with Crippen molar-refractivity contribution in [1.29, 1.82) is 0 Å². The smallest absolute Gasteiger partial charge is 0.0795 e. The highest BCUT2D eigenvalue weighted by atomic mass is 32.1. The van der Waals surface area contributed by atoms with Gasteiger partial charge in [-0.3, -0.25) is 0 Å². The van der Waals surface area contributed by atoms with E-state index >= 15 is 0 Å². The van der Waals surface area contributed by atoms with Gasteiger partial charge in [-0.05, 0) is 19.3 Å². The first kappa shape index (κ1) is 10.7. The van der Waals surface area contributed by atoms with E-state index in [4.69, 9.17) is 0 Å². The van der Waals surface area contributed by atoms with Crippen molar-refractivity contribution < 1.29 is 0 Å². The summed E-state index contributed by atoms with van der Waals surface area (Å²) in [5, 5.41) is 5.55. The zero-order valence-electron chi connectivity index (χ0n) is 8.58. The lowest BCUT2D eigenvalue weighted by atomic mass is 10.1. The maximum Gasteiger partial charge on any atom is 0.0795 e. The van der Waals surface area contributed by atoms with Gasteiger partial charge in [0.2, 0.25) is 0 Å². The van der Waals surface area contributed by atoms with Gasteiger partial charge in [0.05, 0.1) is 11.2 Å². The summed E-state index contributed by atoms with van der Waals surface area (Å²) in [6, 6.07) is 0.585. The van der Waals surface area contributed by atoms with Crippen LogP contribution < -0.4 is 5.32 Å². The minimum absolute atomic E-state index is 0.585. The molecule has 0 aliphatic heterocycles. The van der Waals surface area contributed by atoms with Crippen LogP contribution >= 0.6 is 11.3 Å². The van der Waals surface area contributed by atoms with Crippen molar-refractivity contribution in [3.63, 3.8) is 0 Å². The summed E-state index contributed by atoms with van der Waals surface area (Å²) < 4.78 is 0. The molecule has 0 saturated heterocycles. The summed E-state index contributed by atoms with van der Waals surface area (Å²) >= 11 is 1.65. The Hall–Kier alpha value is -0.410. The Balaban J connectivity index is 2.19. The van der Waals surface area contributed by atoms with Crippen LogP contribution in [-0.4, -0.2) is 11.0 Å². The lowest BCUT2D eigenvalue weighted by molar-refractivity contribution is 0.440. The molecule has 74 valence electrons. The summed E-state index contributed by atoms with van der Waals surface area (Å²) in [4.78, 5) is 4.22. The molecule has 0 spiro atoms. The summed E-state index contributed by atoms with van der Waals surface area (Å²) in [5.74, 6) is 0.762.